The van der Waals surface area contributed by atoms with E-state index in [0.29, 0.717) is 30.4 Å². The van der Waals surface area contributed by atoms with Gasteiger partial charge in [-0.05, 0) is 19.1 Å². The van der Waals surface area contributed by atoms with Gasteiger partial charge in [0, 0.05) is 24.3 Å². The minimum absolute atomic E-state index is 0.254. The highest BCUT2D eigenvalue weighted by Crippen LogP contribution is 2.18. The van der Waals surface area contributed by atoms with E-state index in [2.05, 4.69) is 27.2 Å². The minimum Gasteiger partial charge on any atom is -0.496 e. The van der Waals surface area contributed by atoms with Crippen LogP contribution in [0.2, 0.25) is 0 Å². The highest BCUT2D eigenvalue weighted by Gasteiger charge is 2.10. The molecule has 1 amide bonds. The van der Waals surface area contributed by atoms with E-state index in [1.165, 1.54) is 0 Å². The number of hydrogen-bond acceptors (Lipinski definition) is 5. The van der Waals surface area contributed by atoms with Crippen molar-refractivity contribution in [1.82, 2.24) is 15.3 Å². The molecule has 0 atom stereocenters. The summed E-state index contributed by atoms with van der Waals surface area (Å²) in [7, 11) is 1.63. The van der Waals surface area contributed by atoms with Gasteiger partial charge in [0.1, 0.15) is 11.4 Å². The van der Waals surface area contributed by atoms with Crippen LogP contribution in [0.4, 0.5) is 5.95 Å². The largest absolute Gasteiger partial charge is 0.496 e. The second kappa shape index (κ2) is 7.93. The molecule has 1 aromatic carbocycles. The lowest BCUT2D eigenvalue weighted by Crippen LogP contribution is -2.25. The van der Waals surface area contributed by atoms with Crippen LogP contribution >= 0.6 is 0 Å². The number of amides is 1. The molecule has 23 heavy (non-hydrogen) atoms. The molecule has 1 heterocycles. The van der Waals surface area contributed by atoms with Crippen molar-refractivity contribution in [2.45, 2.75) is 13.5 Å². The van der Waals surface area contributed by atoms with Crippen LogP contribution in [0.5, 0.6) is 5.75 Å². The van der Waals surface area contributed by atoms with Gasteiger partial charge in [0.2, 0.25) is 5.95 Å². The lowest BCUT2D eigenvalue weighted by Gasteiger charge is -2.10. The second-order valence-electron chi connectivity index (χ2n) is 4.88. The Morgan fingerprint density at radius 3 is 2.87 bits per heavy atom. The van der Waals surface area contributed by atoms with Crippen molar-refractivity contribution in [3.8, 4) is 5.75 Å². The Balaban J connectivity index is 2.12. The molecule has 2 rings (SSSR count). The zero-order valence-electron chi connectivity index (χ0n) is 13.3. The van der Waals surface area contributed by atoms with Crippen LogP contribution in [0.25, 0.3) is 0 Å². The number of nitrogens with zero attached hydrogens (tertiary/aromatic N) is 2. The number of carbonyl (C=O) groups is 1. The minimum atomic E-state index is -0.254. The fourth-order valence-electron chi connectivity index (χ4n) is 2.04. The summed E-state index contributed by atoms with van der Waals surface area (Å²) in [6.45, 7) is 6.28. The average molecular weight is 312 g/mol. The van der Waals surface area contributed by atoms with Gasteiger partial charge in [-0.1, -0.05) is 24.3 Å². The van der Waals surface area contributed by atoms with Crippen molar-refractivity contribution in [3.05, 3.63) is 59.9 Å². The number of para-hydroxylation sites is 1. The zero-order chi connectivity index (χ0) is 16.7. The molecule has 0 spiro atoms. The summed E-state index contributed by atoms with van der Waals surface area (Å²) in [5, 5.41) is 5.83. The summed E-state index contributed by atoms with van der Waals surface area (Å²) in [5.74, 6) is 0.937. The number of carbonyl (C=O) groups excluding carboxylic acids is 1. The Kier molecular flexibility index (Phi) is 5.68. The summed E-state index contributed by atoms with van der Waals surface area (Å²) >= 11 is 0. The van der Waals surface area contributed by atoms with Gasteiger partial charge in [-0.2, -0.15) is 0 Å². The Hall–Kier alpha value is -2.89. The number of aromatic nitrogens is 2. The van der Waals surface area contributed by atoms with Crippen molar-refractivity contribution in [2.24, 2.45) is 0 Å². The molecule has 6 nitrogen and oxygen atoms in total. The Morgan fingerprint density at radius 2 is 2.13 bits per heavy atom. The van der Waals surface area contributed by atoms with E-state index in [0.717, 1.165) is 11.3 Å². The molecule has 0 aliphatic rings. The fourth-order valence-corrected chi connectivity index (χ4v) is 2.04. The number of hydrogen-bond donors (Lipinski definition) is 2. The van der Waals surface area contributed by atoms with Crippen LogP contribution in [0.3, 0.4) is 0 Å². The van der Waals surface area contributed by atoms with E-state index in [1.54, 1.807) is 19.3 Å². The number of aryl methyl sites for hydroxylation is 1. The maximum atomic E-state index is 12.0. The van der Waals surface area contributed by atoms with Gasteiger partial charge in [-0.3, -0.25) is 4.79 Å². The van der Waals surface area contributed by atoms with Gasteiger partial charge < -0.3 is 15.4 Å². The predicted molar refractivity (Wildman–Crippen MR) is 89.6 cm³/mol. The van der Waals surface area contributed by atoms with Gasteiger partial charge in [0.15, 0.2) is 0 Å². The Bertz CT molecular complexity index is 701. The molecule has 0 aliphatic heterocycles. The SMILES string of the molecule is C=CCNC(=O)c1cc(C)nc(NCc2ccccc2OC)n1. The van der Waals surface area contributed by atoms with E-state index in [9.17, 15) is 4.79 Å². The van der Waals surface area contributed by atoms with Gasteiger partial charge in [-0.15, -0.1) is 6.58 Å². The van der Waals surface area contributed by atoms with Gasteiger partial charge >= 0.3 is 0 Å². The van der Waals surface area contributed by atoms with Gasteiger partial charge in [0.05, 0.1) is 7.11 Å². The molecule has 0 aliphatic carbocycles. The van der Waals surface area contributed by atoms with E-state index in [-0.39, 0.29) is 5.91 Å². The Morgan fingerprint density at radius 1 is 1.35 bits per heavy atom. The number of methoxy groups -OCH3 is 1. The number of rotatable bonds is 7. The van der Waals surface area contributed by atoms with Crippen molar-refractivity contribution in [3.63, 3.8) is 0 Å². The summed E-state index contributed by atoms with van der Waals surface area (Å²) in [6, 6.07) is 9.34. The van der Waals surface area contributed by atoms with Crippen LogP contribution in [0.1, 0.15) is 21.7 Å². The quantitative estimate of drug-likeness (QED) is 0.767. The normalized spacial score (nSPS) is 10.0. The molecule has 1 aromatic heterocycles. The molecule has 0 saturated carbocycles. The van der Waals surface area contributed by atoms with E-state index < -0.39 is 0 Å². The lowest BCUT2D eigenvalue weighted by molar-refractivity contribution is 0.0953. The van der Waals surface area contributed by atoms with E-state index >= 15 is 0 Å². The molecular formula is C17H20N4O2. The molecule has 2 aromatic rings. The predicted octanol–water partition coefficient (Wildman–Crippen LogP) is 2.32. The summed E-state index contributed by atoms with van der Waals surface area (Å²) < 4.78 is 5.31. The molecule has 0 bridgehead atoms. The maximum absolute atomic E-state index is 12.0. The maximum Gasteiger partial charge on any atom is 0.270 e. The van der Waals surface area contributed by atoms with Crippen molar-refractivity contribution in [1.29, 1.82) is 0 Å². The summed E-state index contributed by atoms with van der Waals surface area (Å²) in [5.41, 5.74) is 2.02. The second-order valence-corrected chi connectivity index (χ2v) is 4.88. The first-order valence-corrected chi connectivity index (χ1v) is 7.24. The molecular weight excluding hydrogens is 292 g/mol. The van der Waals surface area contributed by atoms with Crippen molar-refractivity contribution < 1.29 is 9.53 Å². The molecule has 0 unspecified atom stereocenters. The third-order valence-corrected chi connectivity index (χ3v) is 3.12. The zero-order valence-corrected chi connectivity index (χ0v) is 13.3. The van der Waals surface area contributed by atoms with Crippen LogP contribution in [0.15, 0.2) is 43.0 Å². The summed E-state index contributed by atoms with van der Waals surface area (Å²) in [4.78, 5) is 20.5. The fraction of sp³-hybridized carbons (Fsp3) is 0.235. The van der Waals surface area contributed by atoms with Crippen LogP contribution in [0, 0.1) is 6.92 Å². The van der Waals surface area contributed by atoms with E-state index in [1.807, 2.05) is 31.2 Å². The smallest absolute Gasteiger partial charge is 0.270 e. The van der Waals surface area contributed by atoms with Crippen LogP contribution in [-0.4, -0.2) is 29.5 Å². The third-order valence-electron chi connectivity index (χ3n) is 3.12. The highest BCUT2D eigenvalue weighted by atomic mass is 16.5. The number of anilines is 1. The topological polar surface area (TPSA) is 76.1 Å². The molecule has 0 saturated heterocycles. The third kappa shape index (κ3) is 4.54. The lowest BCUT2D eigenvalue weighted by atomic mass is 10.2. The van der Waals surface area contributed by atoms with Crippen molar-refractivity contribution in [2.75, 3.05) is 19.0 Å². The number of nitrogens with one attached hydrogen (secondary N) is 2. The molecule has 120 valence electrons. The molecule has 6 heteroatoms. The first kappa shape index (κ1) is 16.5. The Labute approximate surface area is 135 Å². The standard InChI is InChI=1S/C17H20N4O2/c1-4-9-18-16(22)14-10-12(2)20-17(21-14)19-11-13-7-5-6-8-15(13)23-3/h4-8,10H,1,9,11H2,2-3H3,(H,18,22)(H,19,20,21). The number of ether oxygens (including phenoxy) is 1. The number of benzene rings is 1. The molecule has 2 N–H and O–H groups in total. The first-order chi connectivity index (χ1) is 11.1. The average Bonchev–Trinajstić information content (AvgIpc) is 2.57. The van der Waals surface area contributed by atoms with Gasteiger partial charge in [-0.25, -0.2) is 9.97 Å². The van der Waals surface area contributed by atoms with Crippen molar-refractivity contribution >= 4 is 11.9 Å². The monoisotopic (exact) mass is 312 g/mol. The van der Waals surface area contributed by atoms with E-state index in [4.69, 9.17) is 4.74 Å². The summed E-state index contributed by atoms with van der Waals surface area (Å²) in [6.07, 6.45) is 1.62. The highest BCUT2D eigenvalue weighted by molar-refractivity contribution is 5.92. The first-order valence-electron chi connectivity index (χ1n) is 7.24. The van der Waals surface area contributed by atoms with Crippen LogP contribution < -0.4 is 15.4 Å². The molecule has 0 fully saturated rings. The molecule has 0 radical (unpaired) electrons. The van der Waals surface area contributed by atoms with Crippen LogP contribution in [-0.2, 0) is 6.54 Å². The van der Waals surface area contributed by atoms with Gasteiger partial charge in [0.25, 0.3) is 5.91 Å².